The van der Waals surface area contributed by atoms with Crippen LogP contribution in [0.5, 0.6) is 0 Å². The molecule has 6 nitrogen and oxygen atoms in total. The Morgan fingerprint density at radius 3 is 3.17 bits per heavy atom. The number of nitrogens with one attached hydrogen (secondary N) is 1. The van der Waals surface area contributed by atoms with Crippen LogP contribution in [0.4, 0.5) is 0 Å². The smallest absolute Gasteiger partial charge is 0.259 e. The summed E-state index contributed by atoms with van der Waals surface area (Å²) in [5, 5.41) is 12.2. The predicted molar refractivity (Wildman–Crippen MR) is 67.1 cm³/mol. The number of carbonyl (C=O) groups is 1. The number of carbonyl (C=O) groups excluding carboxylic acids is 1. The summed E-state index contributed by atoms with van der Waals surface area (Å²) in [6.45, 7) is 0. The molecule has 1 atom stereocenters. The molecule has 2 rings (SSSR count). The van der Waals surface area contributed by atoms with Crippen LogP contribution in [0.3, 0.4) is 0 Å². The van der Waals surface area contributed by atoms with Gasteiger partial charge in [-0.25, -0.2) is 0 Å². The number of amides is 1. The van der Waals surface area contributed by atoms with Crippen molar-refractivity contribution in [3.05, 3.63) is 29.1 Å². The molecule has 1 amide bonds. The Bertz CT molecular complexity index is 499. The minimum atomic E-state index is -0.520. The van der Waals surface area contributed by atoms with E-state index in [0.717, 1.165) is 24.8 Å². The second-order valence-corrected chi connectivity index (χ2v) is 4.24. The van der Waals surface area contributed by atoms with Crippen molar-refractivity contribution in [1.82, 2.24) is 10.3 Å². The summed E-state index contributed by atoms with van der Waals surface area (Å²) in [6.07, 6.45) is 3.39. The van der Waals surface area contributed by atoms with E-state index in [0.29, 0.717) is 11.3 Å². The number of aliphatic hydroxyl groups is 1. The SMILES string of the molecule is CN=C(N)NC(=O)c1cnc2c(c1)CCCC2O. The second-order valence-electron chi connectivity index (χ2n) is 4.24. The molecule has 18 heavy (non-hydrogen) atoms. The van der Waals surface area contributed by atoms with Gasteiger partial charge in [0.25, 0.3) is 5.91 Å². The van der Waals surface area contributed by atoms with Crippen molar-refractivity contribution in [3.8, 4) is 0 Å². The first kappa shape index (κ1) is 12.5. The number of guanidine groups is 1. The maximum atomic E-state index is 11.8. The molecule has 1 aliphatic carbocycles. The molecule has 6 heteroatoms. The van der Waals surface area contributed by atoms with Gasteiger partial charge in [-0.15, -0.1) is 0 Å². The highest BCUT2D eigenvalue weighted by Gasteiger charge is 2.20. The van der Waals surface area contributed by atoms with Gasteiger partial charge in [-0.2, -0.15) is 0 Å². The van der Waals surface area contributed by atoms with Crippen LogP contribution in [-0.4, -0.2) is 29.0 Å². The highest BCUT2D eigenvalue weighted by atomic mass is 16.3. The van der Waals surface area contributed by atoms with Gasteiger partial charge in [0.2, 0.25) is 0 Å². The summed E-state index contributed by atoms with van der Waals surface area (Å²) < 4.78 is 0. The van der Waals surface area contributed by atoms with Gasteiger partial charge in [-0.1, -0.05) is 0 Å². The van der Waals surface area contributed by atoms with Gasteiger partial charge in [0.1, 0.15) is 0 Å². The molecule has 1 unspecified atom stereocenters. The lowest BCUT2D eigenvalue weighted by atomic mass is 9.93. The Kier molecular flexibility index (Phi) is 3.57. The molecule has 1 aromatic rings. The summed E-state index contributed by atoms with van der Waals surface area (Å²) in [4.78, 5) is 19.6. The first-order valence-electron chi connectivity index (χ1n) is 5.82. The lowest BCUT2D eigenvalue weighted by molar-refractivity contribution is 0.0975. The minimum absolute atomic E-state index is 0.0674. The van der Waals surface area contributed by atoms with Crippen molar-refractivity contribution in [2.75, 3.05) is 7.05 Å². The zero-order valence-corrected chi connectivity index (χ0v) is 10.2. The van der Waals surface area contributed by atoms with Crippen LogP contribution in [0.1, 0.15) is 40.6 Å². The summed E-state index contributed by atoms with van der Waals surface area (Å²) in [5.41, 5.74) is 7.45. The summed E-state index contributed by atoms with van der Waals surface area (Å²) in [6, 6.07) is 1.75. The maximum absolute atomic E-state index is 11.8. The first-order chi connectivity index (χ1) is 8.61. The van der Waals surface area contributed by atoms with Gasteiger partial charge in [0, 0.05) is 13.2 Å². The van der Waals surface area contributed by atoms with Crippen molar-refractivity contribution in [3.63, 3.8) is 0 Å². The van der Waals surface area contributed by atoms with E-state index in [4.69, 9.17) is 5.73 Å². The van der Waals surface area contributed by atoms with E-state index in [-0.39, 0.29) is 11.9 Å². The number of nitrogens with two attached hydrogens (primary N) is 1. The monoisotopic (exact) mass is 248 g/mol. The third-order valence-electron chi connectivity index (χ3n) is 2.99. The topological polar surface area (TPSA) is 101 Å². The maximum Gasteiger partial charge on any atom is 0.259 e. The molecule has 1 aliphatic rings. The summed E-state index contributed by atoms with van der Waals surface area (Å²) >= 11 is 0. The van der Waals surface area contributed by atoms with E-state index in [9.17, 15) is 9.90 Å². The fourth-order valence-corrected chi connectivity index (χ4v) is 2.01. The van der Waals surface area contributed by atoms with Gasteiger partial charge in [0.15, 0.2) is 5.96 Å². The molecule has 0 spiro atoms. The van der Waals surface area contributed by atoms with Crippen LogP contribution in [0.25, 0.3) is 0 Å². The van der Waals surface area contributed by atoms with Gasteiger partial charge in [-0.3, -0.25) is 20.1 Å². The van der Waals surface area contributed by atoms with E-state index in [1.54, 1.807) is 6.07 Å². The Hall–Kier alpha value is -1.95. The summed E-state index contributed by atoms with van der Waals surface area (Å²) in [5.74, 6) is -0.272. The Balaban J connectivity index is 2.23. The number of aliphatic imine (C=N–C) groups is 1. The van der Waals surface area contributed by atoms with E-state index in [1.807, 2.05) is 0 Å². The highest BCUT2D eigenvalue weighted by molar-refractivity contribution is 6.05. The molecule has 1 aromatic heterocycles. The van der Waals surface area contributed by atoms with Crippen LogP contribution in [-0.2, 0) is 6.42 Å². The predicted octanol–water partition coefficient (Wildman–Crippen LogP) is 0.126. The van der Waals surface area contributed by atoms with Crippen molar-refractivity contribution >= 4 is 11.9 Å². The Labute approximate surface area is 105 Å². The van der Waals surface area contributed by atoms with Gasteiger partial charge in [-0.05, 0) is 30.9 Å². The number of pyridine rings is 1. The molecule has 0 saturated heterocycles. The van der Waals surface area contributed by atoms with Crippen LogP contribution >= 0.6 is 0 Å². The average Bonchev–Trinajstić information content (AvgIpc) is 2.38. The average molecular weight is 248 g/mol. The molecular formula is C12H16N4O2. The molecule has 96 valence electrons. The molecule has 0 bridgehead atoms. The molecule has 0 fully saturated rings. The van der Waals surface area contributed by atoms with Gasteiger partial charge in [0.05, 0.1) is 17.4 Å². The number of fused-ring (bicyclic) bond motifs is 1. The van der Waals surface area contributed by atoms with Crippen molar-refractivity contribution in [2.24, 2.45) is 10.7 Å². The zero-order chi connectivity index (χ0) is 13.1. The number of hydrogen-bond donors (Lipinski definition) is 3. The lowest BCUT2D eigenvalue weighted by Gasteiger charge is -2.20. The zero-order valence-electron chi connectivity index (χ0n) is 10.2. The number of aliphatic hydroxyl groups excluding tert-OH is 1. The van der Waals surface area contributed by atoms with Crippen molar-refractivity contribution in [2.45, 2.75) is 25.4 Å². The number of aryl methyl sites for hydroxylation is 1. The normalized spacial score (nSPS) is 19.2. The highest BCUT2D eigenvalue weighted by Crippen LogP contribution is 2.28. The first-order valence-corrected chi connectivity index (χ1v) is 5.82. The Morgan fingerprint density at radius 1 is 1.67 bits per heavy atom. The van der Waals surface area contributed by atoms with E-state index in [1.165, 1.54) is 13.2 Å². The molecule has 0 saturated carbocycles. The molecule has 4 N–H and O–H groups in total. The largest absolute Gasteiger partial charge is 0.387 e. The molecule has 1 heterocycles. The lowest BCUT2D eigenvalue weighted by Crippen LogP contribution is -2.36. The Morgan fingerprint density at radius 2 is 2.44 bits per heavy atom. The number of nitrogens with zero attached hydrogens (tertiary/aromatic N) is 2. The minimum Gasteiger partial charge on any atom is -0.387 e. The fraction of sp³-hybridized carbons (Fsp3) is 0.417. The second kappa shape index (κ2) is 5.14. The van der Waals surface area contributed by atoms with Crippen LogP contribution in [0.15, 0.2) is 17.3 Å². The third-order valence-corrected chi connectivity index (χ3v) is 2.99. The summed E-state index contributed by atoms with van der Waals surface area (Å²) in [7, 11) is 1.50. The van der Waals surface area contributed by atoms with Crippen LogP contribution in [0.2, 0.25) is 0 Å². The van der Waals surface area contributed by atoms with E-state index < -0.39 is 6.10 Å². The number of aromatic nitrogens is 1. The standard InChI is InChI=1S/C12H16N4O2/c1-14-12(13)16-11(18)8-5-7-3-2-4-9(17)10(7)15-6-8/h5-6,9,17H,2-4H2,1H3,(H3,13,14,16,18). The molecule has 0 aliphatic heterocycles. The van der Waals surface area contributed by atoms with Gasteiger partial charge >= 0.3 is 0 Å². The van der Waals surface area contributed by atoms with Crippen molar-refractivity contribution in [1.29, 1.82) is 0 Å². The fourth-order valence-electron chi connectivity index (χ4n) is 2.01. The molecule has 0 aromatic carbocycles. The van der Waals surface area contributed by atoms with Crippen LogP contribution in [0, 0.1) is 0 Å². The van der Waals surface area contributed by atoms with Gasteiger partial charge < -0.3 is 10.8 Å². The van der Waals surface area contributed by atoms with Crippen molar-refractivity contribution < 1.29 is 9.90 Å². The molecule has 0 radical (unpaired) electrons. The number of rotatable bonds is 1. The van der Waals surface area contributed by atoms with E-state index in [2.05, 4.69) is 15.3 Å². The molecular weight excluding hydrogens is 232 g/mol. The van der Waals surface area contributed by atoms with E-state index >= 15 is 0 Å². The third kappa shape index (κ3) is 2.48. The quantitative estimate of drug-likeness (QED) is 0.485. The van der Waals surface area contributed by atoms with Crippen LogP contribution < -0.4 is 11.1 Å². The number of hydrogen-bond acceptors (Lipinski definition) is 4.